The molecule has 264 valence electrons. The zero-order valence-corrected chi connectivity index (χ0v) is 31.4. The van der Waals surface area contributed by atoms with E-state index in [0.29, 0.717) is 0 Å². The zero-order chi connectivity index (χ0) is 35.8. The van der Waals surface area contributed by atoms with Crippen LogP contribution in [0.3, 0.4) is 0 Å². The normalized spacial score (nSPS) is 20.3. The van der Waals surface area contributed by atoms with Crippen LogP contribution >= 0.6 is 22.7 Å². The van der Waals surface area contributed by atoms with Gasteiger partial charge in [-0.05, 0) is 33.4 Å². The largest absolute Gasteiger partial charge is 0.350 e. The molecule has 0 N–H and O–H groups in total. The minimum Gasteiger partial charge on any atom is -0.350 e. The Bertz CT molecular complexity index is 2390. The van der Waals surface area contributed by atoms with Gasteiger partial charge in [0.15, 0.2) is 28.6 Å². The summed E-state index contributed by atoms with van der Waals surface area (Å²) in [5.74, 6) is 0.605. The molecule has 31 rings (SSSR count). The first-order chi connectivity index (χ1) is 26.6. The minimum atomic E-state index is 0.167. The van der Waals surface area contributed by atoms with Gasteiger partial charge < -0.3 is 14.7 Å². The first kappa shape index (κ1) is 32.8. The van der Waals surface area contributed by atoms with Gasteiger partial charge in [0.05, 0.1) is 11.8 Å². The Kier molecular flexibility index (Phi) is 8.62. The highest BCUT2D eigenvalue weighted by Crippen LogP contribution is 2.37. The van der Waals surface area contributed by atoms with E-state index in [9.17, 15) is 0 Å². The number of hydrogen-bond acceptors (Lipinski definition) is 7. The van der Waals surface area contributed by atoms with Crippen LogP contribution in [0.1, 0.15) is 55.6 Å². The lowest BCUT2D eigenvalue weighted by Crippen LogP contribution is -2.33. The molecular weight excluding hydrogens is 701 g/mol. The Morgan fingerprint density at radius 2 is 0.833 bits per heavy atom. The van der Waals surface area contributed by atoms with E-state index in [1.54, 1.807) is 22.7 Å². The van der Waals surface area contributed by atoms with Gasteiger partial charge in [-0.25, -0.2) is 14.5 Å². The molecule has 0 spiro atoms. The molecule has 0 unspecified atom stereocenters. The Morgan fingerprint density at radius 1 is 0.444 bits per heavy atom. The van der Waals surface area contributed by atoms with E-state index in [0.717, 1.165) is 45.9 Å². The molecule has 3 aromatic carbocycles. The first-order valence-corrected chi connectivity index (χ1v) is 20.2. The summed E-state index contributed by atoms with van der Waals surface area (Å²) in [7, 11) is 0. The molecule has 6 nitrogen and oxygen atoms in total. The third kappa shape index (κ3) is 6.98. The van der Waals surface area contributed by atoms with E-state index in [1.807, 2.05) is 0 Å². The highest BCUT2D eigenvalue weighted by atomic mass is 32.1. The van der Waals surface area contributed by atoms with Crippen LogP contribution in [-0.4, -0.2) is 24.7 Å². The quantitative estimate of drug-likeness (QED) is 0.145. The Hall–Kier alpha value is -5.83. The highest BCUT2D eigenvalue weighted by Gasteiger charge is 2.21. The van der Waals surface area contributed by atoms with Crippen molar-refractivity contribution in [3.8, 4) is 11.1 Å². The standard InChI is InChI=1S/C46H39N6S2/c1-5-35-6-2-33(1)29-49-21-13-39(14-22-49)37-9-11-38(12-10-37)40-15-23-50(24-16-40)30-34-3-7-36(8-4-34)32-52-27-19-42(20-28-52)44-48-46-45(54-44)47-43(53-46)41-17-25-51(31-35)26-18-41/h1-28,39,41-42H,29-32H2/q+1. The fourth-order valence-electron chi connectivity index (χ4n) is 7.38. The summed E-state index contributed by atoms with van der Waals surface area (Å²) in [6.07, 6.45) is 31.1. The third-order valence-corrected chi connectivity index (χ3v) is 12.7. The summed E-state index contributed by atoms with van der Waals surface area (Å²) >= 11 is 3.42. The predicted octanol–water partition coefficient (Wildman–Crippen LogP) is 9.95. The molecule has 28 heterocycles. The summed E-state index contributed by atoms with van der Waals surface area (Å²) in [5, 5.41) is 2.19. The van der Waals surface area contributed by atoms with Crippen molar-refractivity contribution in [1.29, 1.82) is 0 Å². The average molecular weight is 740 g/mol. The molecule has 18 bridgehead atoms. The molecule has 54 heavy (non-hydrogen) atoms. The van der Waals surface area contributed by atoms with Crippen LogP contribution in [0, 0.1) is 0 Å². The number of aromatic nitrogens is 3. The molecule has 0 amide bonds. The van der Waals surface area contributed by atoms with Crippen LogP contribution in [0.2, 0.25) is 0 Å². The predicted molar refractivity (Wildman–Crippen MR) is 219 cm³/mol. The maximum absolute atomic E-state index is 5.02. The number of rotatable bonds is 0. The van der Waals surface area contributed by atoms with Gasteiger partial charge in [0.2, 0.25) is 0 Å². The van der Waals surface area contributed by atoms with Gasteiger partial charge in [-0.2, -0.15) is 0 Å². The third-order valence-electron chi connectivity index (χ3n) is 10.5. The second-order valence-electron chi connectivity index (χ2n) is 14.4. The number of pyridine rings is 1. The molecule has 0 saturated heterocycles. The number of benzene rings is 3. The molecule has 0 fully saturated rings. The van der Waals surface area contributed by atoms with E-state index < -0.39 is 0 Å². The van der Waals surface area contributed by atoms with Gasteiger partial charge in [0.1, 0.15) is 10.0 Å². The van der Waals surface area contributed by atoms with Crippen LogP contribution in [0.15, 0.2) is 171 Å². The molecule has 0 saturated carbocycles. The van der Waals surface area contributed by atoms with Gasteiger partial charge in [-0.15, -0.1) is 0 Å². The van der Waals surface area contributed by atoms with Crippen LogP contribution in [0.5, 0.6) is 0 Å². The van der Waals surface area contributed by atoms with Gasteiger partial charge in [-0.1, -0.05) is 132 Å². The van der Waals surface area contributed by atoms with Crippen LogP contribution in [0.25, 0.3) is 20.8 Å². The second-order valence-corrected chi connectivity index (χ2v) is 16.4. The number of hydrogen-bond donors (Lipinski definition) is 0. The highest BCUT2D eigenvalue weighted by molar-refractivity contribution is 7.26. The number of thiazole rings is 2. The molecule has 3 aromatic heterocycles. The van der Waals surface area contributed by atoms with E-state index in [2.05, 4.69) is 190 Å². The molecule has 0 radical (unpaired) electrons. The molecule has 25 aliphatic heterocycles. The minimum absolute atomic E-state index is 0.167. The first-order valence-electron chi connectivity index (χ1n) is 18.5. The second kappa shape index (κ2) is 14.2. The Balaban J connectivity index is 0.883. The molecule has 25 aliphatic rings. The summed E-state index contributed by atoms with van der Waals surface area (Å²) in [4.78, 5) is 18.8. The molecule has 0 aliphatic carbocycles. The fourth-order valence-corrected chi connectivity index (χ4v) is 9.56. The Morgan fingerprint density at radius 3 is 1.28 bits per heavy atom. The SMILES string of the molecule is C1=CN2C=CC1c1ccc(cc1)-c1cc[n+](cc1)Cc1ccc(cc1)CN1C=CC(C=C1)c1nc3sc(nc3s1)C1C=CN(C=C1)Cc1ccc(cc1)C2. The van der Waals surface area contributed by atoms with Crippen molar-refractivity contribution < 1.29 is 4.57 Å². The molecule has 6 aromatic rings. The lowest BCUT2D eigenvalue weighted by Gasteiger charge is -2.23. The summed E-state index contributed by atoms with van der Waals surface area (Å²) in [5.41, 5.74) is 8.90. The lowest BCUT2D eigenvalue weighted by molar-refractivity contribution is -0.688. The smallest absolute Gasteiger partial charge is 0.173 e. The molecule has 8 heteroatoms. The van der Waals surface area contributed by atoms with E-state index in [1.165, 1.54) is 38.9 Å². The number of nitrogens with zero attached hydrogens (tertiary/aromatic N) is 6. The van der Waals surface area contributed by atoms with Gasteiger partial charge in [-0.3, -0.25) is 0 Å². The van der Waals surface area contributed by atoms with Crippen molar-refractivity contribution in [2.45, 2.75) is 43.9 Å². The summed E-state index contributed by atoms with van der Waals surface area (Å²) in [6.45, 7) is 3.34. The maximum atomic E-state index is 5.02. The van der Waals surface area contributed by atoms with Crippen molar-refractivity contribution >= 4 is 32.3 Å². The zero-order valence-electron chi connectivity index (χ0n) is 29.7. The molecular formula is C46H39N6S2+. The topological polar surface area (TPSA) is 39.4 Å². The van der Waals surface area contributed by atoms with Gasteiger partial charge >= 0.3 is 0 Å². The molecule has 0 atom stereocenters. The van der Waals surface area contributed by atoms with Crippen molar-refractivity contribution in [3.63, 3.8) is 0 Å². The maximum Gasteiger partial charge on any atom is 0.173 e. The van der Waals surface area contributed by atoms with Crippen molar-refractivity contribution in [3.05, 3.63) is 209 Å². The van der Waals surface area contributed by atoms with Crippen LogP contribution in [-0.2, 0) is 26.2 Å². The van der Waals surface area contributed by atoms with E-state index in [4.69, 9.17) is 9.97 Å². The van der Waals surface area contributed by atoms with Crippen molar-refractivity contribution in [1.82, 2.24) is 24.7 Å². The van der Waals surface area contributed by atoms with Gasteiger partial charge in [0, 0.05) is 80.4 Å². The lowest BCUT2D eigenvalue weighted by atomic mass is 9.95. The summed E-state index contributed by atoms with van der Waals surface area (Å²) in [6, 6.07) is 31.4. The average Bonchev–Trinajstić information content (AvgIpc) is 3.81. The van der Waals surface area contributed by atoms with E-state index in [-0.39, 0.29) is 17.8 Å². The fraction of sp³-hybridized carbons (Fsp3) is 0.152. The van der Waals surface area contributed by atoms with Crippen molar-refractivity contribution in [2.24, 2.45) is 0 Å². The van der Waals surface area contributed by atoms with Crippen molar-refractivity contribution in [2.75, 3.05) is 0 Å². The van der Waals surface area contributed by atoms with Crippen LogP contribution in [0.4, 0.5) is 0 Å². The van der Waals surface area contributed by atoms with E-state index >= 15 is 0 Å². The monoisotopic (exact) mass is 739 g/mol. The number of allylic oxidation sites excluding steroid dienone is 6. The summed E-state index contributed by atoms with van der Waals surface area (Å²) < 4.78 is 2.24. The van der Waals surface area contributed by atoms with Crippen LogP contribution < -0.4 is 4.57 Å². The Labute approximate surface area is 324 Å². The van der Waals surface area contributed by atoms with Gasteiger partial charge in [0.25, 0.3) is 0 Å².